The lowest BCUT2D eigenvalue weighted by Gasteiger charge is -2.21. The maximum atomic E-state index is 13.0. The van der Waals surface area contributed by atoms with Crippen molar-refractivity contribution in [1.82, 2.24) is 4.31 Å². The van der Waals surface area contributed by atoms with Gasteiger partial charge in [-0.25, -0.2) is 17.1 Å². The first-order chi connectivity index (χ1) is 11.8. The number of rotatable bonds is 3. The Labute approximate surface area is 152 Å². The van der Waals surface area contributed by atoms with Crippen LogP contribution in [-0.4, -0.2) is 38.5 Å². The van der Waals surface area contributed by atoms with Crippen LogP contribution in [0.3, 0.4) is 0 Å². The van der Waals surface area contributed by atoms with E-state index in [9.17, 15) is 12.8 Å². The van der Waals surface area contributed by atoms with E-state index in [4.69, 9.17) is 12.2 Å². The second-order valence-electron chi connectivity index (χ2n) is 5.92. The van der Waals surface area contributed by atoms with E-state index >= 15 is 0 Å². The smallest absolute Gasteiger partial charge is 0.242 e. The Balaban J connectivity index is 1.82. The molecule has 0 aromatic heterocycles. The van der Waals surface area contributed by atoms with E-state index in [2.05, 4.69) is 5.32 Å². The maximum Gasteiger partial charge on any atom is 0.242 e. The predicted molar refractivity (Wildman–Crippen MR) is 101 cm³/mol. The van der Waals surface area contributed by atoms with Crippen molar-refractivity contribution in [3.63, 3.8) is 0 Å². The topological polar surface area (TPSA) is 52.7 Å². The molecule has 1 aliphatic heterocycles. The van der Waals surface area contributed by atoms with Gasteiger partial charge in [-0.1, -0.05) is 0 Å². The predicted octanol–water partition coefficient (Wildman–Crippen LogP) is 2.84. The lowest BCUT2D eigenvalue weighted by molar-refractivity contribution is 0.520. The van der Waals surface area contributed by atoms with Gasteiger partial charge in [0, 0.05) is 32.0 Å². The van der Waals surface area contributed by atoms with E-state index in [1.165, 1.54) is 30.5 Å². The van der Waals surface area contributed by atoms with Crippen LogP contribution in [0.25, 0.3) is 0 Å². The van der Waals surface area contributed by atoms with Gasteiger partial charge in [-0.15, -0.1) is 0 Å². The van der Waals surface area contributed by atoms with Gasteiger partial charge < -0.3 is 10.2 Å². The van der Waals surface area contributed by atoms with Crippen molar-refractivity contribution in [3.8, 4) is 0 Å². The first kappa shape index (κ1) is 17.8. The molecule has 0 radical (unpaired) electrons. The highest BCUT2D eigenvalue weighted by molar-refractivity contribution is 7.89. The van der Waals surface area contributed by atoms with Crippen molar-refractivity contribution in [2.24, 2.45) is 0 Å². The summed E-state index contributed by atoms with van der Waals surface area (Å²) in [7, 11) is -0.437. The molecule has 0 saturated carbocycles. The third-order valence-electron chi connectivity index (χ3n) is 4.07. The Kier molecular flexibility index (Phi) is 4.77. The summed E-state index contributed by atoms with van der Waals surface area (Å²) < 4.78 is 38.7. The van der Waals surface area contributed by atoms with E-state index in [0.717, 1.165) is 11.3 Å². The molecule has 0 amide bonds. The van der Waals surface area contributed by atoms with Crippen LogP contribution >= 0.6 is 12.2 Å². The molecule has 2 aromatic rings. The van der Waals surface area contributed by atoms with Gasteiger partial charge in [0.25, 0.3) is 0 Å². The number of anilines is 2. The molecule has 1 N–H and O–H groups in total. The zero-order chi connectivity index (χ0) is 18.2. The number of nitrogens with zero attached hydrogens (tertiary/aromatic N) is 2. The summed E-state index contributed by atoms with van der Waals surface area (Å²) in [6, 6.07) is 11.0. The summed E-state index contributed by atoms with van der Waals surface area (Å²) in [5.41, 5.74) is 2.52. The summed E-state index contributed by atoms with van der Waals surface area (Å²) in [5, 5.41) is 3.57. The largest absolute Gasteiger partial charge is 0.332 e. The Bertz CT molecular complexity index is 912. The molecule has 0 spiro atoms. The maximum absolute atomic E-state index is 13.0. The fourth-order valence-electron chi connectivity index (χ4n) is 2.68. The van der Waals surface area contributed by atoms with Crippen LogP contribution < -0.4 is 10.2 Å². The molecule has 0 atom stereocenters. The molecule has 1 heterocycles. The molecule has 0 unspecified atom stereocenters. The van der Waals surface area contributed by atoms with Crippen molar-refractivity contribution in [2.45, 2.75) is 11.3 Å². The van der Waals surface area contributed by atoms with Crippen molar-refractivity contribution in [2.75, 3.05) is 30.9 Å². The summed E-state index contributed by atoms with van der Waals surface area (Å²) in [6.45, 7) is 0.661. The standard InChI is InChI=1S/C17H18FN3O2S2/c1-20(2)25(22,23)15-7-8-16-12(11-15)9-10-21(16)17(24)19-14-5-3-13(18)4-6-14/h3-8,11H,9-10H2,1-2H3,(H,19,24). The summed E-state index contributed by atoms with van der Waals surface area (Å²) in [6.07, 6.45) is 0.706. The minimum Gasteiger partial charge on any atom is -0.332 e. The molecular formula is C17H18FN3O2S2. The van der Waals surface area contributed by atoms with E-state index in [0.29, 0.717) is 23.8 Å². The number of nitrogens with one attached hydrogen (secondary N) is 1. The van der Waals surface area contributed by atoms with Crippen LogP contribution in [0.5, 0.6) is 0 Å². The van der Waals surface area contributed by atoms with Crippen LogP contribution in [0, 0.1) is 5.82 Å². The number of sulfonamides is 1. The lowest BCUT2D eigenvalue weighted by Crippen LogP contribution is -2.33. The van der Waals surface area contributed by atoms with Gasteiger partial charge in [-0.2, -0.15) is 0 Å². The van der Waals surface area contributed by atoms with E-state index in [1.54, 1.807) is 30.3 Å². The Morgan fingerprint density at radius 1 is 1.20 bits per heavy atom. The van der Waals surface area contributed by atoms with E-state index in [-0.39, 0.29) is 10.7 Å². The second-order valence-corrected chi connectivity index (χ2v) is 8.46. The van der Waals surface area contributed by atoms with Gasteiger partial charge in [0.1, 0.15) is 5.82 Å². The average molecular weight is 379 g/mol. The number of benzene rings is 2. The minimum atomic E-state index is -3.46. The zero-order valence-electron chi connectivity index (χ0n) is 13.9. The Morgan fingerprint density at radius 3 is 2.52 bits per heavy atom. The van der Waals surface area contributed by atoms with Gasteiger partial charge in [0.05, 0.1) is 4.90 Å². The molecule has 0 fully saturated rings. The Hall–Kier alpha value is -2.03. The number of thiocarbonyl (C=S) groups is 1. The van der Waals surface area contributed by atoms with Crippen LogP contribution in [0.1, 0.15) is 5.56 Å². The zero-order valence-corrected chi connectivity index (χ0v) is 15.5. The molecule has 0 bridgehead atoms. The van der Waals surface area contributed by atoms with Gasteiger partial charge in [0.15, 0.2) is 5.11 Å². The van der Waals surface area contributed by atoms with Crippen molar-refractivity contribution >= 4 is 38.7 Å². The molecular weight excluding hydrogens is 361 g/mol. The molecule has 0 saturated heterocycles. The number of hydrogen-bond donors (Lipinski definition) is 1. The van der Waals surface area contributed by atoms with Gasteiger partial charge in [0.2, 0.25) is 10.0 Å². The van der Waals surface area contributed by atoms with Gasteiger partial charge in [-0.3, -0.25) is 0 Å². The summed E-state index contributed by atoms with van der Waals surface area (Å²) in [5.74, 6) is -0.308. The normalized spacial score (nSPS) is 13.8. The highest BCUT2D eigenvalue weighted by atomic mass is 32.2. The molecule has 25 heavy (non-hydrogen) atoms. The highest BCUT2D eigenvalue weighted by Crippen LogP contribution is 2.31. The van der Waals surface area contributed by atoms with Crippen LogP contribution in [0.15, 0.2) is 47.4 Å². The van der Waals surface area contributed by atoms with Crippen molar-refractivity contribution in [3.05, 3.63) is 53.8 Å². The number of hydrogen-bond acceptors (Lipinski definition) is 3. The third-order valence-corrected chi connectivity index (χ3v) is 6.20. The van der Waals surface area contributed by atoms with Gasteiger partial charge >= 0.3 is 0 Å². The van der Waals surface area contributed by atoms with E-state index in [1.807, 2.05) is 4.90 Å². The van der Waals surface area contributed by atoms with Crippen LogP contribution in [0.4, 0.5) is 15.8 Å². The average Bonchev–Trinajstić information content (AvgIpc) is 3.00. The molecule has 2 aromatic carbocycles. The molecule has 3 rings (SSSR count). The molecule has 8 heteroatoms. The summed E-state index contributed by atoms with van der Waals surface area (Å²) >= 11 is 5.45. The van der Waals surface area contributed by atoms with Crippen molar-refractivity contribution in [1.29, 1.82) is 0 Å². The lowest BCUT2D eigenvalue weighted by atomic mass is 10.2. The second kappa shape index (κ2) is 6.70. The molecule has 5 nitrogen and oxygen atoms in total. The Morgan fingerprint density at radius 2 is 1.88 bits per heavy atom. The summed E-state index contributed by atoms with van der Waals surface area (Å²) in [4.78, 5) is 2.19. The first-order valence-electron chi connectivity index (χ1n) is 7.68. The third kappa shape index (κ3) is 3.51. The number of halogens is 1. The van der Waals surface area contributed by atoms with Crippen LogP contribution in [0.2, 0.25) is 0 Å². The number of fused-ring (bicyclic) bond motifs is 1. The molecule has 0 aliphatic carbocycles. The monoisotopic (exact) mass is 379 g/mol. The first-order valence-corrected chi connectivity index (χ1v) is 9.53. The molecule has 132 valence electrons. The fourth-order valence-corrected chi connectivity index (χ4v) is 3.94. The quantitative estimate of drug-likeness (QED) is 0.831. The molecule has 1 aliphatic rings. The SMILES string of the molecule is CN(C)S(=O)(=O)c1ccc2c(c1)CCN2C(=S)Nc1ccc(F)cc1. The fraction of sp³-hybridized carbons (Fsp3) is 0.235. The minimum absolute atomic E-state index is 0.274. The van der Waals surface area contributed by atoms with Gasteiger partial charge in [-0.05, 0) is 66.7 Å². The highest BCUT2D eigenvalue weighted by Gasteiger charge is 2.25. The van der Waals surface area contributed by atoms with E-state index < -0.39 is 10.0 Å². The van der Waals surface area contributed by atoms with Crippen LogP contribution in [-0.2, 0) is 16.4 Å². The van der Waals surface area contributed by atoms with Crippen molar-refractivity contribution < 1.29 is 12.8 Å².